The van der Waals surface area contributed by atoms with Crippen molar-refractivity contribution in [3.8, 4) is 0 Å². The van der Waals surface area contributed by atoms with Gasteiger partial charge in [-0.2, -0.15) is 0 Å². The van der Waals surface area contributed by atoms with Gasteiger partial charge in [-0.15, -0.1) is 0 Å². The molecule has 132 valence electrons. The average Bonchev–Trinajstić information content (AvgIpc) is 2.51. The Bertz CT molecular complexity index is 574. The van der Waals surface area contributed by atoms with E-state index in [0.29, 0.717) is 0 Å². The summed E-state index contributed by atoms with van der Waals surface area (Å²) in [6.45, 7) is 2.73. The van der Waals surface area contributed by atoms with Crippen LogP contribution < -0.4 is 16.4 Å². The Morgan fingerprint density at radius 1 is 1.08 bits per heavy atom. The molecule has 0 heterocycles. The molecule has 0 saturated heterocycles. The summed E-state index contributed by atoms with van der Waals surface area (Å²) in [7, 11) is 0. The average molecular weight is 337 g/mol. The fourth-order valence-corrected chi connectivity index (χ4v) is 2.00. The van der Waals surface area contributed by atoms with E-state index in [1.165, 1.54) is 13.8 Å². The molecular formula is C16H23N3O5. The maximum Gasteiger partial charge on any atom is 0.328 e. The van der Waals surface area contributed by atoms with Crippen LogP contribution in [-0.4, -0.2) is 52.2 Å². The molecule has 0 aliphatic rings. The Balaban J connectivity index is 2.92. The zero-order valence-corrected chi connectivity index (χ0v) is 13.6. The number of aliphatic hydroxyl groups is 1. The number of aliphatic carboxylic acids is 1. The second-order valence-electron chi connectivity index (χ2n) is 5.60. The predicted molar refractivity (Wildman–Crippen MR) is 87.0 cm³/mol. The van der Waals surface area contributed by atoms with Crippen molar-refractivity contribution < 1.29 is 24.6 Å². The molecule has 8 heteroatoms. The first-order chi connectivity index (χ1) is 11.2. The van der Waals surface area contributed by atoms with Gasteiger partial charge in [0, 0.05) is 6.42 Å². The molecule has 0 aliphatic heterocycles. The number of nitrogens with two attached hydrogens (primary N) is 1. The monoisotopic (exact) mass is 337 g/mol. The minimum atomic E-state index is -1.47. The van der Waals surface area contributed by atoms with Gasteiger partial charge in [0.2, 0.25) is 11.8 Å². The van der Waals surface area contributed by atoms with Crippen LogP contribution >= 0.6 is 0 Å². The number of amides is 2. The molecule has 0 unspecified atom stereocenters. The van der Waals surface area contributed by atoms with Crippen molar-refractivity contribution in [1.29, 1.82) is 0 Å². The van der Waals surface area contributed by atoms with E-state index in [0.717, 1.165) is 5.56 Å². The highest BCUT2D eigenvalue weighted by molar-refractivity contribution is 5.92. The minimum Gasteiger partial charge on any atom is -0.480 e. The first kappa shape index (κ1) is 19.6. The summed E-state index contributed by atoms with van der Waals surface area (Å²) in [5.41, 5.74) is 6.28. The van der Waals surface area contributed by atoms with Crippen molar-refractivity contribution in [3.05, 3.63) is 35.9 Å². The molecule has 0 fully saturated rings. The summed E-state index contributed by atoms with van der Waals surface area (Å²) in [4.78, 5) is 35.3. The lowest BCUT2D eigenvalue weighted by molar-refractivity contribution is -0.145. The third-order valence-corrected chi connectivity index (χ3v) is 3.38. The smallest absolute Gasteiger partial charge is 0.328 e. The summed E-state index contributed by atoms with van der Waals surface area (Å²) >= 11 is 0. The van der Waals surface area contributed by atoms with E-state index in [1.807, 2.05) is 6.07 Å². The van der Waals surface area contributed by atoms with Gasteiger partial charge in [-0.1, -0.05) is 30.3 Å². The van der Waals surface area contributed by atoms with Crippen molar-refractivity contribution in [3.63, 3.8) is 0 Å². The minimum absolute atomic E-state index is 0.164. The molecule has 1 rings (SSSR count). The van der Waals surface area contributed by atoms with E-state index >= 15 is 0 Å². The highest BCUT2D eigenvalue weighted by Gasteiger charge is 2.29. The van der Waals surface area contributed by atoms with Crippen LogP contribution in [0.3, 0.4) is 0 Å². The van der Waals surface area contributed by atoms with E-state index in [1.54, 1.807) is 24.3 Å². The summed E-state index contributed by atoms with van der Waals surface area (Å²) in [5.74, 6) is -2.61. The molecule has 0 aromatic heterocycles. The van der Waals surface area contributed by atoms with Crippen LogP contribution in [0.15, 0.2) is 30.3 Å². The highest BCUT2D eigenvalue weighted by Crippen LogP contribution is 2.05. The first-order valence-electron chi connectivity index (χ1n) is 7.53. The van der Waals surface area contributed by atoms with E-state index < -0.39 is 42.0 Å². The van der Waals surface area contributed by atoms with E-state index in [4.69, 9.17) is 10.8 Å². The largest absolute Gasteiger partial charge is 0.480 e. The fourth-order valence-electron chi connectivity index (χ4n) is 2.00. The van der Waals surface area contributed by atoms with Crippen LogP contribution in [0, 0.1) is 0 Å². The summed E-state index contributed by atoms with van der Waals surface area (Å²) in [5, 5.41) is 23.3. The van der Waals surface area contributed by atoms with Crippen molar-refractivity contribution in [1.82, 2.24) is 10.6 Å². The number of aliphatic hydroxyl groups excluding tert-OH is 1. The van der Waals surface area contributed by atoms with Crippen molar-refractivity contribution in [2.24, 2.45) is 5.73 Å². The molecule has 1 aromatic rings. The number of benzene rings is 1. The van der Waals surface area contributed by atoms with E-state index in [2.05, 4.69) is 10.6 Å². The third kappa shape index (κ3) is 5.98. The third-order valence-electron chi connectivity index (χ3n) is 3.38. The molecule has 4 atom stereocenters. The Morgan fingerprint density at radius 2 is 1.67 bits per heavy atom. The molecular weight excluding hydrogens is 314 g/mol. The van der Waals surface area contributed by atoms with E-state index in [9.17, 15) is 19.5 Å². The van der Waals surface area contributed by atoms with Crippen molar-refractivity contribution in [2.75, 3.05) is 0 Å². The van der Waals surface area contributed by atoms with Crippen LogP contribution in [0.4, 0.5) is 0 Å². The molecule has 0 saturated carbocycles. The zero-order chi connectivity index (χ0) is 18.3. The predicted octanol–water partition coefficient (Wildman–Crippen LogP) is -0.989. The van der Waals surface area contributed by atoms with Gasteiger partial charge in [0.1, 0.15) is 6.04 Å². The fraction of sp³-hybridized carbons (Fsp3) is 0.438. The van der Waals surface area contributed by atoms with E-state index in [-0.39, 0.29) is 6.42 Å². The van der Waals surface area contributed by atoms with Gasteiger partial charge in [-0.25, -0.2) is 4.79 Å². The molecule has 1 aromatic carbocycles. The Morgan fingerprint density at radius 3 is 2.12 bits per heavy atom. The van der Waals surface area contributed by atoms with Crippen molar-refractivity contribution >= 4 is 17.8 Å². The topological polar surface area (TPSA) is 142 Å². The summed E-state index contributed by atoms with van der Waals surface area (Å²) in [6, 6.07) is 5.65. The van der Waals surface area contributed by atoms with Crippen molar-refractivity contribution in [2.45, 2.75) is 44.5 Å². The molecule has 0 spiro atoms. The Labute approximate surface area is 140 Å². The van der Waals surface area contributed by atoms with Gasteiger partial charge in [0.25, 0.3) is 0 Å². The first-order valence-corrected chi connectivity index (χ1v) is 7.53. The molecule has 0 aliphatic carbocycles. The second kappa shape index (κ2) is 8.99. The molecule has 2 amide bonds. The molecule has 6 N–H and O–H groups in total. The number of hydrogen-bond donors (Lipinski definition) is 5. The van der Waals surface area contributed by atoms with Crippen LogP contribution in [0.25, 0.3) is 0 Å². The van der Waals surface area contributed by atoms with Gasteiger partial charge in [0.05, 0.1) is 12.1 Å². The standard InChI is InChI=1S/C16H23N3O5/c1-9(17)14(21)18-12(8-11-6-4-3-5-7-11)15(22)19-13(10(2)20)16(23)24/h3-7,9-10,12-13,20H,8,17H2,1-2H3,(H,18,21)(H,19,22)(H,23,24)/t9-,10+,12-,13-/m0/s1. The maximum absolute atomic E-state index is 12.4. The number of nitrogens with one attached hydrogen (secondary N) is 2. The van der Waals surface area contributed by atoms with Crippen LogP contribution in [-0.2, 0) is 20.8 Å². The van der Waals surface area contributed by atoms with Gasteiger partial charge in [-0.05, 0) is 19.4 Å². The van der Waals surface area contributed by atoms with Crippen LogP contribution in [0.2, 0.25) is 0 Å². The Hall–Kier alpha value is -2.45. The molecule has 0 bridgehead atoms. The number of hydrogen-bond acceptors (Lipinski definition) is 5. The van der Waals surface area contributed by atoms with Gasteiger partial charge < -0.3 is 26.6 Å². The second-order valence-corrected chi connectivity index (χ2v) is 5.60. The lowest BCUT2D eigenvalue weighted by Crippen LogP contribution is -2.56. The Kier molecular flexibility index (Phi) is 7.34. The summed E-state index contributed by atoms with van der Waals surface area (Å²) in [6.07, 6.45) is -1.12. The number of carboxylic acid groups (broad SMARTS) is 1. The van der Waals surface area contributed by atoms with Gasteiger partial charge in [-0.3, -0.25) is 9.59 Å². The van der Waals surface area contributed by atoms with Crippen LogP contribution in [0.1, 0.15) is 19.4 Å². The van der Waals surface area contributed by atoms with Crippen LogP contribution in [0.5, 0.6) is 0 Å². The SMILES string of the molecule is C[C@H](N)C(=O)N[C@@H](Cc1ccccc1)C(=O)N[C@H](C(=O)O)[C@@H](C)O. The van der Waals surface area contributed by atoms with Gasteiger partial charge in [0.15, 0.2) is 6.04 Å². The molecule has 8 nitrogen and oxygen atoms in total. The number of carbonyl (C=O) groups is 3. The van der Waals surface area contributed by atoms with Gasteiger partial charge >= 0.3 is 5.97 Å². The lowest BCUT2D eigenvalue weighted by atomic mass is 10.0. The normalized spacial score (nSPS) is 15.7. The quantitative estimate of drug-likeness (QED) is 0.412. The zero-order valence-electron chi connectivity index (χ0n) is 13.6. The molecule has 0 radical (unpaired) electrons. The lowest BCUT2D eigenvalue weighted by Gasteiger charge is -2.23. The maximum atomic E-state index is 12.4. The number of rotatable bonds is 8. The number of carboxylic acids is 1. The highest BCUT2D eigenvalue weighted by atomic mass is 16.4. The molecule has 24 heavy (non-hydrogen) atoms. The number of carbonyl (C=O) groups excluding carboxylic acids is 2. The summed E-state index contributed by atoms with van der Waals surface area (Å²) < 4.78 is 0.